The first-order valence-corrected chi connectivity index (χ1v) is 7.45. The van der Waals surface area contributed by atoms with Crippen molar-refractivity contribution in [1.82, 2.24) is 4.90 Å². The first-order valence-electron chi connectivity index (χ1n) is 7.45. The van der Waals surface area contributed by atoms with Crippen LogP contribution in [0.2, 0.25) is 0 Å². The molecule has 0 aliphatic carbocycles. The van der Waals surface area contributed by atoms with Gasteiger partial charge in [0.2, 0.25) is 0 Å². The molecule has 2 aliphatic rings. The topological polar surface area (TPSA) is 68.2 Å². The molecule has 1 amide bonds. The predicted molar refractivity (Wildman–Crippen MR) is 78.0 cm³/mol. The van der Waals surface area contributed by atoms with E-state index in [0.29, 0.717) is 6.54 Å². The monoisotopic (exact) mass is 307 g/mol. The van der Waals surface area contributed by atoms with Crippen molar-refractivity contribution in [3.8, 4) is 0 Å². The van der Waals surface area contributed by atoms with Gasteiger partial charge in [0, 0.05) is 13.0 Å². The van der Waals surface area contributed by atoms with Crippen LogP contribution in [-0.2, 0) is 20.8 Å². The first kappa shape index (κ1) is 15.3. The second kappa shape index (κ2) is 6.24. The van der Waals surface area contributed by atoms with Crippen LogP contribution >= 0.6 is 0 Å². The van der Waals surface area contributed by atoms with Crippen molar-refractivity contribution in [3.63, 3.8) is 0 Å². The minimum Gasteiger partial charge on any atom is -0.444 e. The highest BCUT2D eigenvalue weighted by atomic mass is 16.6. The van der Waals surface area contributed by atoms with E-state index >= 15 is 0 Å². The van der Waals surface area contributed by atoms with Gasteiger partial charge in [0.1, 0.15) is 12.7 Å². The van der Waals surface area contributed by atoms with E-state index < -0.39 is 24.5 Å². The summed E-state index contributed by atoms with van der Waals surface area (Å²) in [6.45, 7) is 2.49. The molecule has 6 heteroatoms. The lowest BCUT2D eigenvalue weighted by Gasteiger charge is -2.38. The summed E-state index contributed by atoms with van der Waals surface area (Å²) < 4.78 is 16.5. The predicted octanol–water partition coefficient (Wildman–Crippen LogP) is 1.38. The number of benzene rings is 1. The van der Waals surface area contributed by atoms with E-state index in [2.05, 4.69) is 0 Å². The van der Waals surface area contributed by atoms with Crippen LogP contribution < -0.4 is 0 Å². The minimum absolute atomic E-state index is 0.0328. The van der Waals surface area contributed by atoms with Crippen LogP contribution in [0.25, 0.3) is 0 Å². The molecule has 5 atom stereocenters. The Labute approximate surface area is 129 Å². The summed E-state index contributed by atoms with van der Waals surface area (Å²) in [7, 11) is 1.50. The van der Waals surface area contributed by atoms with Crippen LogP contribution in [0.4, 0.5) is 4.79 Å². The highest BCUT2D eigenvalue weighted by Crippen LogP contribution is 2.36. The van der Waals surface area contributed by atoms with Gasteiger partial charge in [0.25, 0.3) is 0 Å². The van der Waals surface area contributed by atoms with Crippen molar-refractivity contribution in [2.75, 3.05) is 13.7 Å². The van der Waals surface area contributed by atoms with E-state index in [4.69, 9.17) is 14.2 Å². The van der Waals surface area contributed by atoms with Gasteiger partial charge in [0.15, 0.2) is 6.23 Å². The van der Waals surface area contributed by atoms with Crippen LogP contribution in [0.3, 0.4) is 0 Å². The molecule has 2 heterocycles. The Morgan fingerprint density at radius 3 is 2.82 bits per heavy atom. The summed E-state index contributed by atoms with van der Waals surface area (Å²) >= 11 is 0. The zero-order chi connectivity index (χ0) is 15.7. The fourth-order valence-corrected chi connectivity index (χ4v) is 3.09. The van der Waals surface area contributed by atoms with Gasteiger partial charge in [-0.15, -0.1) is 0 Å². The lowest BCUT2D eigenvalue weighted by Crippen LogP contribution is -2.56. The summed E-state index contributed by atoms with van der Waals surface area (Å²) in [5.74, 6) is -0.0328. The van der Waals surface area contributed by atoms with E-state index in [-0.39, 0.29) is 18.6 Å². The van der Waals surface area contributed by atoms with Gasteiger partial charge in [-0.05, 0) is 5.56 Å². The average molecular weight is 307 g/mol. The maximum absolute atomic E-state index is 12.4. The Bertz CT molecular complexity index is 523. The number of carbonyl (C=O) groups excluding carboxylic acids is 1. The molecule has 2 fully saturated rings. The third kappa shape index (κ3) is 2.69. The Morgan fingerprint density at radius 1 is 1.41 bits per heavy atom. The molecule has 22 heavy (non-hydrogen) atoms. The maximum Gasteiger partial charge on any atom is 0.412 e. The highest BCUT2D eigenvalue weighted by Gasteiger charge is 2.53. The van der Waals surface area contributed by atoms with Crippen LogP contribution in [0.15, 0.2) is 30.3 Å². The van der Waals surface area contributed by atoms with Crippen molar-refractivity contribution in [3.05, 3.63) is 35.9 Å². The summed E-state index contributed by atoms with van der Waals surface area (Å²) in [6.07, 6.45) is -2.42. The van der Waals surface area contributed by atoms with Gasteiger partial charge in [-0.3, -0.25) is 4.90 Å². The molecule has 1 N–H and O–H groups in total. The minimum atomic E-state index is -0.637. The van der Waals surface area contributed by atoms with Gasteiger partial charge in [-0.25, -0.2) is 4.79 Å². The summed E-state index contributed by atoms with van der Waals surface area (Å²) in [4.78, 5) is 13.9. The number of methoxy groups -OCH3 is 1. The third-order valence-electron chi connectivity index (χ3n) is 4.44. The van der Waals surface area contributed by atoms with Crippen LogP contribution in [0, 0.1) is 5.92 Å². The number of aliphatic hydroxyl groups is 1. The molecule has 6 nitrogen and oxygen atoms in total. The molecule has 2 bridgehead atoms. The average Bonchev–Trinajstić information content (AvgIpc) is 2.78. The van der Waals surface area contributed by atoms with Gasteiger partial charge >= 0.3 is 6.09 Å². The molecule has 0 radical (unpaired) electrons. The lowest BCUT2D eigenvalue weighted by molar-refractivity contribution is -0.174. The zero-order valence-electron chi connectivity index (χ0n) is 12.7. The van der Waals surface area contributed by atoms with Crippen molar-refractivity contribution in [2.24, 2.45) is 5.92 Å². The van der Waals surface area contributed by atoms with Gasteiger partial charge in [-0.1, -0.05) is 37.3 Å². The molecule has 0 spiro atoms. The Morgan fingerprint density at radius 2 is 2.14 bits per heavy atom. The number of carbonyl (C=O) groups is 1. The molecule has 2 aliphatic heterocycles. The molecule has 0 unspecified atom stereocenters. The summed E-state index contributed by atoms with van der Waals surface area (Å²) in [5, 5.41) is 10.2. The number of nitrogens with zero attached hydrogens (tertiary/aromatic N) is 1. The molecule has 0 aromatic heterocycles. The Kier molecular flexibility index (Phi) is 4.33. The molecular weight excluding hydrogens is 286 g/mol. The molecule has 2 saturated heterocycles. The largest absolute Gasteiger partial charge is 0.444 e. The van der Waals surface area contributed by atoms with Crippen LogP contribution in [0.1, 0.15) is 12.5 Å². The van der Waals surface area contributed by atoms with Crippen LogP contribution in [0.5, 0.6) is 0 Å². The van der Waals surface area contributed by atoms with Gasteiger partial charge in [-0.2, -0.15) is 0 Å². The fourth-order valence-electron chi connectivity index (χ4n) is 3.09. The molecule has 1 aromatic carbocycles. The number of rotatable bonds is 3. The number of hydrogen-bond acceptors (Lipinski definition) is 5. The number of ether oxygens (including phenoxy) is 3. The number of fused-ring (bicyclic) bond motifs is 2. The normalized spacial score (nSPS) is 33.8. The zero-order valence-corrected chi connectivity index (χ0v) is 12.7. The number of morpholine rings is 1. The third-order valence-corrected chi connectivity index (χ3v) is 4.44. The van der Waals surface area contributed by atoms with E-state index in [1.165, 1.54) is 12.0 Å². The Hall–Kier alpha value is -1.63. The first-order chi connectivity index (χ1) is 10.6. The van der Waals surface area contributed by atoms with E-state index in [1.807, 2.05) is 37.3 Å². The molecular formula is C16H21NO5. The number of aliphatic hydroxyl groups excluding tert-OH is 1. The van der Waals surface area contributed by atoms with Gasteiger partial charge in [0.05, 0.1) is 18.8 Å². The van der Waals surface area contributed by atoms with Crippen molar-refractivity contribution < 1.29 is 24.1 Å². The number of likely N-dealkylation sites (tertiary alicyclic amines) is 1. The molecule has 0 saturated carbocycles. The molecule has 3 rings (SSSR count). The SMILES string of the molecule is CO[C@@H]1[C@@H]2O[C@H](CN1C(=O)OCc1ccccc1)[C@@H](C)[C@H]2O. The standard InChI is InChI=1S/C16H21NO5/c1-10-12-8-17(15(20-2)14(22-12)13(10)18)16(19)21-9-11-6-4-3-5-7-11/h3-7,10,12-15,18H,8-9H2,1-2H3/t10-,12-,13-,14-,15-/m1/s1. The second-order valence-electron chi connectivity index (χ2n) is 5.81. The smallest absolute Gasteiger partial charge is 0.412 e. The van der Waals surface area contributed by atoms with E-state index in [9.17, 15) is 9.90 Å². The van der Waals surface area contributed by atoms with Gasteiger partial charge < -0.3 is 19.3 Å². The fraction of sp³-hybridized carbons (Fsp3) is 0.562. The van der Waals surface area contributed by atoms with Crippen molar-refractivity contribution in [2.45, 2.75) is 38.1 Å². The molecule has 120 valence electrons. The maximum atomic E-state index is 12.4. The number of amides is 1. The molecule has 1 aromatic rings. The summed E-state index contributed by atoms with van der Waals surface area (Å²) in [6, 6.07) is 9.50. The van der Waals surface area contributed by atoms with Crippen molar-refractivity contribution >= 4 is 6.09 Å². The summed E-state index contributed by atoms with van der Waals surface area (Å²) in [5.41, 5.74) is 0.925. The van der Waals surface area contributed by atoms with Crippen LogP contribution in [-0.4, -0.2) is 54.3 Å². The Balaban J connectivity index is 1.66. The second-order valence-corrected chi connectivity index (χ2v) is 5.81. The van der Waals surface area contributed by atoms with E-state index in [1.54, 1.807) is 0 Å². The lowest BCUT2D eigenvalue weighted by atomic mass is 10.00. The van der Waals surface area contributed by atoms with Crippen molar-refractivity contribution in [1.29, 1.82) is 0 Å². The quantitative estimate of drug-likeness (QED) is 0.913. The highest BCUT2D eigenvalue weighted by molar-refractivity contribution is 5.68. The van der Waals surface area contributed by atoms with E-state index in [0.717, 1.165) is 5.56 Å². The number of hydrogen-bond donors (Lipinski definition) is 1.